The largest absolute Gasteiger partial charge is 0.303 e. The van der Waals surface area contributed by atoms with E-state index < -0.39 is 22.2 Å². The van der Waals surface area contributed by atoms with E-state index in [1.54, 1.807) is 0 Å². The molecule has 0 bridgehead atoms. The summed E-state index contributed by atoms with van der Waals surface area (Å²) in [6, 6.07) is -0.907. The van der Waals surface area contributed by atoms with Gasteiger partial charge in [-0.15, -0.1) is 10.1 Å². The predicted molar refractivity (Wildman–Crippen MR) is 36.5 cm³/mol. The quantitative estimate of drug-likeness (QED) is 0.457. The Morgan fingerprint density at radius 3 is 2.42 bits per heavy atom. The zero-order valence-electron chi connectivity index (χ0n) is 6.21. The van der Waals surface area contributed by atoms with Gasteiger partial charge < -0.3 is 4.84 Å². The minimum atomic E-state index is -0.966. The van der Waals surface area contributed by atoms with Gasteiger partial charge in [-0.05, 0) is 12.8 Å². The van der Waals surface area contributed by atoms with Crippen LogP contribution in [0.25, 0.3) is 0 Å². The number of rotatable bonds is 3. The first kappa shape index (κ1) is 8.69. The van der Waals surface area contributed by atoms with Crippen LogP contribution in [0.15, 0.2) is 0 Å². The van der Waals surface area contributed by atoms with E-state index in [0.717, 1.165) is 0 Å². The summed E-state index contributed by atoms with van der Waals surface area (Å²) in [6.07, 6.45) is 0.525. The molecular weight excluding hydrogens is 168 g/mol. The zero-order valence-corrected chi connectivity index (χ0v) is 6.21. The van der Waals surface area contributed by atoms with Crippen molar-refractivity contribution in [3.8, 4) is 0 Å². The molecule has 1 aliphatic rings. The molecule has 1 saturated carbocycles. The molecule has 0 heterocycles. The molecule has 0 aromatic carbocycles. The van der Waals surface area contributed by atoms with Gasteiger partial charge in [0.05, 0.1) is 0 Å². The summed E-state index contributed by atoms with van der Waals surface area (Å²) < 4.78 is 0. The Balaban J connectivity index is 2.52. The molecule has 1 rings (SSSR count). The molecular formula is C5H8N2O5. The van der Waals surface area contributed by atoms with Crippen LogP contribution in [0.4, 0.5) is 0 Å². The fourth-order valence-corrected chi connectivity index (χ4v) is 1.38. The molecule has 7 heteroatoms. The second-order valence-electron chi connectivity index (χ2n) is 2.65. The zero-order chi connectivity index (χ0) is 9.14. The van der Waals surface area contributed by atoms with Crippen molar-refractivity contribution in [3.05, 3.63) is 20.2 Å². The molecule has 2 atom stereocenters. The molecule has 0 amide bonds. The van der Waals surface area contributed by atoms with Gasteiger partial charge in [0.15, 0.2) is 6.10 Å². The molecule has 68 valence electrons. The Morgan fingerprint density at radius 1 is 1.25 bits per heavy atom. The van der Waals surface area contributed by atoms with E-state index in [1.807, 2.05) is 0 Å². The Kier molecular flexibility index (Phi) is 2.41. The molecule has 1 aliphatic carbocycles. The van der Waals surface area contributed by atoms with Crippen molar-refractivity contribution >= 4 is 0 Å². The van der Waals surface area contributed by atoms with Crippen LogP contribution in [0.5, 0.6) is 0 Å². The van der Waals surface area contributed by atoms with Gasteiger partial charge in [0.2, 0.25) is 6.04 Å². The van der Waals surface area contributed by atoms with Crippen LogP contribution in [-0.4, -0.2) is 22.2 Å². The van der Waals surface area contributed by atoms with Crippen LogP contribution in [0.2, 0.25) is 0 Å². The third-order valence-electron chi connectivity index (χ3n) is 1.91. The fourth-order valence-electron chi connectivity index (χ4n) is 1.38. The van der Waals surface area contributed by atoms with Gasteiger partial charge in [-0.1, -0.05) is 0 Å². The smallest absolute Gasteiger partial charge is 0.295 e. The van der Waals surface area contributed by atoms with Gasteiger partial charge in [-0.2, -0.15) is 0 Å². The highest BCUT2D eigenvalue weighted by Crippen LogP contribution is 2.24. The average Bonchev–Trinajstić information content (AvgIpc) is 2.33. The third-order valence-corrected chi connectivity index (χ3v) is 1.91. The fraction of sp³-hybridized carbons (Fsp3) is 1.00. The normalized spacial score (nSPS) is 28.3. The van der Waals surface area contributed by atoms with E-state index in [2.05, 4.69) is 4.84 Å². The maximum atomic E-state index is 10.3. The summed E-state index contributed by atoms with van der Waals surface area (Å²) in [5.74, 6) is 0. The lowest BCUT2D eigenvalue weighted by atomic mass is 10.2. The molecule has 12 heavy (non-hydrogen) atoms. The molecule has 0 aliphatic heterocycles. The van der Waals surface area contributed by atoms with E-state index in [4.69, 9.17) is 0 Å². The standard InChI is InChI=1S/C5H8N2O5/c8-6(9)4-2-1-3-5(4)12-7(10)11/h4-5H,1-3H2. The molecule has 2 unspecified atom stereocenters. The van der Waals surface area contributed by atoms with E-state index in [0.29, 0.717) is 19.3 Å². The van der Waals surface area contributed by atoms with E-state index >= 15 is 0 Å². The van der Waals surface area contributed by atoms with Gasteiger partial charge in [-0.3, -0.25) is 10.1 Å². The van der Waals surface area contributed by atoms with Crippen LogP contribution in [0.1, 0.15) is 19.3 Å². The Bertz CT molecular complexity index is 206. The van der Waals surface area contributed by atoms with Crippen molar-refractivity contribution in [2.45, 2.75) is 31.4 Å². The minimum absolute atomic E-state index is 0.367. The van der Waals surface area contributed by atoms with Crippen molar-refractivity contribution in [1.82, 2.24) is 0 Å². The first-order chi connectivity index (χ1) is 5.61. The second-order valence-corrected chi connectivity index (χ2v) is 2.65. The highest BCUT2D eigenvalue weighted by Gasteiger charge is 2.39. The monoisotopic (exact) mass is 176 g/mol. The lowest BCUT2D eigenvalue weighted by Gasteiger charge is -2.09. The Labute approximate surface area is 67.6 Å². The summed E-state index contributed by atoms with van der Waals surface area (Å²) in [5.41, 5.74) is 0. The Hall–Kier alpha value is -1.40. The number of hydrogen-bond donors (Lipinski definition) is 0. The van der Waals surface area contributed by atoms with Crippen LogP contribution >= 0.6 is 0 Å². The van der Waals surface area contributed by atoms with Gasteiger partial charge >= 0.3 is 0 Å². The highest BCUT2D eigenvalue weighted by atomic mass is 17.0. The summed E-state index contributed by atoms with van der Waals surface area (Å²) in [4.78, 5) is 23.8. The van der Waals surface area contributed by atoms with Gasteiger partial charge in [0.1, 0.15) is 0 Å². The van der Waals surface area contributed by atoms with Gasteiger partial charge in [0, 0.05) is 11.3 Å². The van der Waals surface area contributed by atoms with Crippen molar-refractivity contribution in [1.29, 1.82) is 0 Å². The second kappa shape index (κ2) is 3.33. The number of hydrogen-bond acceptors (Lipinski definition) is 5. The highest BCUT2D eigenvalue weighted by molar-refractivity contribution is 4.76. The topological polar surface area (TPSA) is 95.5 Å². The maximum Gasteiger partial charge on any atom is 0.295 e. The maximum absolute atomic E-state index is 10.3. The van der Waals surface area contributed by atoms with Crippen LogP contribution in [0.3, 0.4) is 0 Å². The van der Waals surface area contributed by atoms with Crippen LogP contribution in [-0.2, 0) is 4.84 Å². The lowest BCUT2D eigenvalue weighted by Crippen LogP contribution is -2.32. The van der Waals surface area contributed by atoms with Gasteiger partial charge in [0.25, 0.3) is 5.09 Å². The van der Waals surface area contributed by atoms with Crippen LogP contribution in [0, 0.1) is 20.2 Å². The third kappa shape index (κ3) is 1.80. The van der Waals surface area contributed by atoms with Crippen molar-refractivity contribution in [3.63, 3.8) is 0 Å². The summed E-state index contributed by atoms with van der Waals surface area (Å²) >= 11 is 0. The lowest BCUT2D eigenvalue weighted by molar-refractivity contribution is -0.777. The molecule has 7 nitrogen and oxygen atoms in total. The van der Waals surface area contributed by atoms with E-state index in [1.165, 1.54) is 0 Å². The Morgan fingerprint density at radius 2 is 1.92 bits per heavy atom. The molecule has 0 N–H and O–H groups in total. The summed E-state index contributed by atoms with van der Waals surface area (Å²) in [7, 11) is 0. The molecule has 0 radical (unpaired) electrons. The van der Waals surface area contributed by atoms with Crippen molar-refractivity contribution < 1.29 is 14.8 Å². The minimum Gasteiger partial charge on any atom is -0.303 e. The molecule has 0 aromatic rings. The average molecular weight is 176 g/mol. The number of nitro groups is 1. The van der Waals surface area contributed by atoms with E-state index in [9.17, 15) is 20.2 Å². The molecule has 0 aromatic heterocycles. The summed E-state index contributed by atoms with van der Waals surface area (Å²) in [5, 5.41) is 19.2. The first-order valence-corrected chi connectivity index (χ1v) is 3.56. The van der Waals surface area contributed by atoms with Crippen molar-refractivity contribution in [2.24, 2.45) is 0 Å². The first-order valence-electron chi connectivity index (χ1n) is 3.56. The predicted octanol–water partition coefficient (Wildman–Crippen LogP) is 0.392. The SMILES string of the molecule is O=[N+]([O-])OC1CCCC1[N+](=O)[O-]. The number of nitrogens with zero attached hydrogens (tertiary/aromatic N) is 2. The molecule has 0 spiro atoms. The van der Waals surface area contributed by atoms with Gasteiger partial charge in [-0.25, -0.2) is 0 Å². The molecule has 0 saturated heterocycles. The summed E-state index contributed by atoms with van der Waals surface area (Å²) in [6.45, 7) is 0. The van der Waals surface area contributed by atoms with E-state index in [-0.39, 0.29) is 0 Å². The van der Waals surface area contributed by atoms with Crippen molar-refractivity contribution in [2.75, 3.05) is 0 Å². The molecule has 1 fully saturated rings. The van der Waals surface area contributed by atoms with Crippen LogP contribution < -0.4 is 0 Å².